The second kappa shape index (κ2) is 7.77. The van der Waals surface area contributed by atoms with E-state index in [1.807, 2.05) is 17.5 Å². The van der Waals surface area contributed by atoms with Crippen LogP contribution in [0.25, 0.3) is 0 Å². The number of thioether (sulfide) groups is 1. The molecule has 0 saturated carbocycles. The maximum absolute atomic E-state index is 13.5. The van der Waals surface area contributed by atoms with Crippen LogP contribution in [-0.2, 0) is 14.3 Å². The Bertz CT molecular complexity index is 1230. The average Bonchev–Trinajstić information content (AvgIpc) is 3.46. The van der Waals surface area contributed by atoms with Crippen molar-refractivity contribution in [3.8, 4) is 0 Å². The Kier molecular flexibility index (Phi) is 5.07. The lowest BCUT2D eigenvalue weighted by atomic mass is 9.87. The summed E-state index contributed by atoms with van der Waals surface area (Å²) >= 11 is 3.85. The first-order valence-corrected chi connectivity index (χ1v) is 12.1. The van der Waals surface area contributed by atoms with Crippen LogP contribution in [0.3, 0.4) is 0 Å². The number of aromatic amines is 1. The molecule has 31 heavy (non-hydrogen) atoms. The third kappa shape index (κ3) is 3.26. The summed E-state index contributed by atoms with van der Waals surface area (Å²) in [6.07, 6.45) is 0. The fourth-order valence-electron chi connectivity index (χ4n) is 4.01. The maximum atomic E-state index is 13.5. The van der Waals surface area contributed by atoms with E-state index in [1.54, 1.807) is 31.2 Å². The first-order valence-electron chi connectivity index (χ1n) is 9.57. The molecule has 0 bridgehead atoms. The van der Waals surface area contributed by atoms with Gasteiger partial charge in [-0.3, -0.25) is 14.4 Å². The van der Waals surface area contributed by atoms with Crippen molar-refractivity contribution in [2.24, 2.45) is 5.92 Å². The second-order valence-corrected chi connectivity index (χ2v) is 10.2. The molecule has 2 amide bonds. The number of aromatic nitrogens is 1. The number of rotatable bonds is 4. The van der Waals surface area contributed by atoms with Crippen molar-refractivity contribution in [3.63, 3.8) is 0 Å². The number of benzene rings is 1. The number of hydrogen-bond donors (Lipinski definition) is 1. The number of hydrogen-bond acceptors (Lipinski definition) is 8. The number of nitrogens with zero attached hydrogens (tertiary/aromatic N) is 1. The second-order valence-electron chi connectivity index (χ2n) is 7.04. The smallest absolute Gasteiger partial charge is 0.338 e. The zero-order chi connectivity index (χ0) is 21.7. The van der Waals surface area contributed by atoms with Gasteiger partial charge in [-0.05, 0) is 42.6 Å². The normalized spacial score (nSPS) is 22.4. The van der Waals surface area contributed by atoms with Gasteiger partial charge in [0.2, 0.25) is 11.8 Å². The van der Waals surface area contributed by atoms with Gasteiger partial charge in [0.1, 0.15) is 5.25 Å². The molecule has 5 rings (SSSR count). The van der Waals surface area contributed by atoms with Gasteiger partial charge in [0, 0.05) is 15.7 Å². The van der Waals surface area contributed by atoms with Crippen LogP contribution in [-0.4, -0.2) is 34.6 Å². The molecule has 3 atom stereocenters. The maximum Gasteiger partial charge on any atom is 0.338 e. The van der Waals surface area contributed by atoms with Gasteiger partial charge in [-0.15, -0.1) is 11.3 Å². The van der Waals surface area contributed by atoms with E-state index in [1.165, 1.54) is 28.0 Å². The van der Waals surface area contributed by atoms with Crippen LogP contribution in [0, 0.1) is 5.92 Å². The van der Waals surface area contributed by atoms with Gasteiger partial charge in [0.15, 0.2) is 0 Å². The molecule has 10 heteroatoms. The van der Waals surface area contributed by atoms with Crippen LogP contribution in [0.5, 0.6) is 0 Å². The van der Waals surface area contributed by atoms with E-state index in [-0.39, 0.29) is 29.2 Å². The molecule has 2 aliphatic heterocycles. The van der Waals surface area contributed by atoms with Crippen molar-refractivity contribution in [1.82, 2.24) is 4.98 Å². The zero-order valence-electron chi connectivity index (χ0n) is 16.2. The van der Waals surface area contributed by atoms with E-state index in [0.29, 0.717) is 16.3 Å². The summed E-state index contributed by atoms with van der Waals surface area (Å²) in [6, 6.07) is 10.1. The quantitative estimate of drug-likeness (QED) is 0.461. The van der Waals surface area contributed by atoms with Crippen molar-refractivity contribution >= 4 is 57.9 Å². The number of carbonyl (C=O) groups excluding carboxylic acids is 3. The minimum absolute atomic E-state index is 0.190. The van der Waals surface area contributed by atoms with Crippen LogP contribution in [0.1, 0.15) is 33.0 Å². The molecule has 158 valence electrons. The average molecular weight is 473 g/mol. The number of anilines is 1. The van der Waals surface area contributed by atoms with Gasteiger partial charge in [-0.2, -0.15) is 0 Å². The number of amides is 2. The zero-order valence-corrected chi connectivity index (χ0v) is 18.6. The number of ether oxygens (including phenoxy) is 1. The number of carbonyl (C=O) groups is 3. The number of H-pyrrole nitrogens is 1. The standard InChI is InChI=1S/C21H16N2O5S3/c1-2-28-20(26)10-5-7-11(8-6-10)23-18(24)14-13(12-4-3-9-29-12)15-17(22-21(27)31-15)30-16(14)19(23)25/h3-9,13-14,16H,2H2,1H3,(H,22,27)/t13-,14-,16+/m0/s1. The third-order valence-corrected chi connectivity index (χ3v) is 8.67. The molecule has 1 N–H and O–H groups in total. The molecule has 0 radical (unpaired) electrons. The van der Waals surface area contributed by atoms with E-state index >= 15 is 0 Å². The lowest BCUT2D eigenvalue weighted by molar-refractivity contribution is -0.122. The molecule has 3 aromatic rings. The Morgan fingerprint density at radius 1 is 1.13 bits per heavy atom. The van der Waals surface area contributed by atoms with Crippen LogP contribution in [0.15, 0.2) is 51.6 Å². The minimum Gasteiger partial charge on any atom is -0.462 e. The Morgan fingerprint density at radius 3 is 2.58 bits per heavy atom. The van der Waals surface area contributed by atoms with Gasteiger partial charge >= 0.3 is 10.8 Å². The Balaban J connectivity index is 1.53. The summed E-state index contributed by atoms with van der Waals surface area (Å²) in [4.78, 5) is 56.3. The highest BCUT2D eigenvalue weighted by atomic mass is 32.2. The number of imide groups is 1. The number of thiazole rings is 1. The van der Waals surface area contributed by atoms with Crippen LogP contribution >= 0.6 is 34.4 Å². The van der Waals surface area contributed by atoms with Gasteiger partial charge in [-0.25, -0.2) is 9.69 Å². The van der Waals surface area contributed by atoms with E-state index in [0.717, 1.165) is 21.1 Å². The third-order valence-electron chi connectivity index (χ3n) is 5.31. The monoisotopic (exact) mass is 472 g/mol. The molecule has 7 nitrogen and oxygen atoms in total. The van der Waals surface area contributed by atoms with E-state index in [9.17, 15) is 19.2 Å². The Morgan fingerprint density at radius 2 is 1.90 bits per heavy atom. The summed E-state index contributed by atoms with van der Waals surface area (Å²) in [6.45, 7) is 1.99. The molecule has 1 fully saturated rings. The van der Waals surface area contributed by atoms with Crippen molar-refractivity contribution in [3.05, 3.63) is 66.8 Å². The molecule has 1 aromatic carbocycles. The molecular formula is C21H16N2O5S3. The lowest BCUT2D eigenvalue weighted by Gasteiger charge is -2.28. The fraction of sp³-hybridized carbons (Fsp3) is 0.238. The Hall–Kier alpha value is -2.69. The lowest BCUT2D eigenvalue weighted by Crippen LogP contribution is -2.32. The van der Waals surface area contributed by atoms with Crippen molar-refractivity contribution < 1.29 is 19.1 Å². The fourth-order valence-corrected chi connectivity index (χ4v) is 7.47. The highest BCUT2D eigenvalue weighted by Gasteiger charge is 2.56. The summed E-state index contributed by atoms with van der Waals surface area (Å²) < 4.78 is 4.99. The van der Waals surface area contributed by atoms with Crippen LogP contribution in [0.2, 0.25) is 0 Å². The van der Waals surface area contributed by atoms with E-state index in [2.05, 4.69) is 4.98 Å². The first-order chi connectivity index (χ1) is 15.0. The van der Waals surface area contributed by atoms with Crippen molar-refractivity contribution in [2.45, 2.75) is 23.1 Å². The molecule has 0 aliphatic carbocycles. The minimum atomic E-state index is -0.623. The number of fused-ring (bicyclic) bond motifs is 2. The van der Waals surface area contributed by atoms with Gasteiger partial charge in [0.25, 0.3) is 0 Å². The molecule has 0 spiro atoms. The summed E-state index contributed by atoms with van der Waals surface area (Å²) in [5, 5.41) is 1.96. The van der Waals surface area contributed by atoms with Crippen LogP contribution in [0.4, 0.5) is 5.69 Å². The van der Waals surface area contributed by atoms with E-state index in [4.69, 9.17) is 4.74 Å². The predicted octanol–water partition coefficient (Wildman–Crippen LogP) is 3.47. The molecule has 2 aliphatic rings. The number of thiophene rings is 1. The summed E-state index contributed by atoms with van der Waals surface area (Å²) in [5.41, 5.74) is 0.771. The molecule has 1 saturated heterocycles. The highest BCUT2D eigenvalue weighted by Crippen LogP contribution is 2.53. The molecule has 2 aromatic heterocycles. The van der Waals surface area contributed by atoms with Crippen molar-refractivity contribution in [1.29, 1.82) is 0 Å². The summed E-state index contributed by atoms with van der Waals surface area (Å²) in [7, 11) is 0. The predicted molar refractivity (Wildman–Crippen MR) is 119 cm³/mol. The summed E-state index contributed by atoms with van der Waals surface area (Å²) in [5.74, 6) is -2.01. The van der Waals surface area contributed by atoms with Gasteiger partial charge < -0.3 is 9.72 Å². The largest absolute Gasteiger partial charge is 0.462 e. The first kappa shape index (κ1) is 20.2. The van der Waals surface area contributed by atoms with Crippen molar-refractivity contribution in [2.75, 3.05) is 11.5 Å². The molecule has 0 unspecified atom stereocenters. The topological polar surface area (TPSA) is 96.5 Å². The van der Waals surface area contributed by atoms with Crippen LogP contribution < -0.4 is 9.77 Å². The highest BCUT2D eigenvalue weighted by molar-refractivity contribution is 8.00. The molecular weight excluding hydrogens is 456 g/mol. The van der Waals surface area contributed by atoms with Gasteiger partial charge in [-0.1, -0.05) is 29.2 Å². The SMILES string of the molecule is CCOC(=O)c1ccc(N2C(=O)[C@H]3[C@H](c4cccs4)c4sc(=O)[nH]c4S[C@H]3C2=O)cc1. The number of esters is 1. The van der Waals surface area contributed by atoms with Gasteiger partial charge in [0.05, 0.1) is 28.8 Å². The molecule has 4 heterocycles. The number of nitrogens with one attached hydrogen (secondary N) is 1. The Labute approximate surface area is 189 Å². The van der Waals surface area contributed by atoms with E-state index < -0.39 is 17.1 Å².